The average Bonchev–Trinajstić information content (AvgIpc) is 3.28. The van der Waals surface area contributed by atoms with Gasteiger partial charge in [-0.1, -0.05) is 61.2 Å². The van der Waals surface area contributed by atoms with Gasteiger partial charge in [-0.2, -0.15) is 0 Å². The number of rotatable bonds is 12. The number of hydrogen-bond acceptors (Lipinski definition) is 9. The number of Topliss-reactive ketones (excluding diaryl/α,β-unsaturated/α-hetero) is 1. The third-order valence-electron chi connectivity index (χ3n) is 7.26. The average molecular weight is 840 g/mol. The van der Waals surface area contributed by atoms with Gasteiger partial charge in [-0.25, -0.2) is 4.98 Å². The predicted octanol–water partition coefficient (Wildman–Crippen LogP) is 6.16. The van der Waals surface area contributed by atoms with Crippen LogP contribution in [0.1, 0.15) is 66.9 Å². The van der Waals surface area contributed by atoms with E-state index in [0.29, 0.717) is 25.2 Å². The Kier molecular flexibility index (Phi) is 27.4. The lowest BCUT2D eigenvalue weighted by molar-refractivity contribution is -0.546. The van der Waals surface area contributed by atoms with Crippen molar-refractivity contribution in [2.45, 2.75) is 59.0 Å². The lowest BCUT2D eigenvalue weighted by Gasteiger charge is -2.17. The van der Waals surface area contributed by atoms with Crippen LogP contribution in [-0.2, 0) is 22.6 Å². The largest absolute Gasteiger partial charge is 0.383 e. The molecule has 2 aromatic carbocycles. The highest BCUT2D eigenvalue weighted by Crippen LogP contribution is 2.20. The van der Waals surface area contributed by atoms with Gasteiger partial charge >= 0.3 is 0 Å². The molecule has 0 aliphatic heterocycles. The van der Waals surface area contributed by atoms with E-state index in [0.717, 1.165) is 28.3 Å². The zero-order valence-corrected chi connectivity index (χ0v) is 34.1. The Bertz CT molecular complexity index is 2740. The van der Waals surface area contributed by atoms with Gasteiger partial charge in [0.05, 0.1) is 16.3 Å². The second-order valence-corrected chi connectivity index (χ2v) is 11.4. The molecule has 1 amide bonds. The molecule has 2 atom stereocenters. The molecule has 1 heterocycles. The van der Waals surface area contributed by atoms with Crippen LogP contribution in [-0.4, -0.2) is 27.7 Å². The van der Waals surface area contributed by atoms with E-state index in [4.69, 9.17) is 11.5 Å². The Hall–Kier alpha value is -9.49. The SMILES string of the molecule is CC#CC#CC#CC#CC#CC#CC#CC#CC#CC#CC#CC.CC[C@H](CC(=O)[C@H](N)CCc1ccccc1)C(=O)NCc1ccc2c(N)nccc2c1.NN=NN[N+](=O)[O-].[HH].[HH].[HH].[HH].[HH].[HH].[HH].[HH].[HH].[HH].[HH]. The molecule has 0 fully saturated rings. The van der Waals surface area contributed by atoms with Crippen LogP contribution < -0.4 is 28.2 Å². The number of nitrogens with zero attached hydrogens (tertiary/aromatic N) is 4. The first-order chi connectivity index (χ1) is 30.2. The Morgan fingerprint density at radius 1 is 0.774 bits per heavy atom. The molecule has 0 radical (unpaired) electrons. The summed E-state index contributed by atoms with van der Waals surface area (Å²) in [4.78, 5) is 38.6. The summed E-state index contributed by atoms with van der Waals surface area (Å²) in [5.74, 6) is 59.9. The van der Waals surface area contributed by atoms with Gasteiger partial charge in [-0.15, -0.1) is 0 Å². The number of carbonyl (C=O) groups excluding carboxylic acids is 2. The fraction of sp³-hybridized carbons (Fsp3) is 0.204. The second-order valence-electron chi connectivity index (χ2n) is 11.4. The number of carbonyl (C=O) groups is 2. The normalized spacial score (nSPS) is 9.03. The summed E-state index contributed by atoms with van der Waals surface area (Å²) in [6.07, 6.45) is 3.75. The highest BCUT2D eigenvalue weighted by Gasteiger charge is 2.23. The minimum absolute atomic E-state index is 0. The summed E-state index contributed by atoms with van der Waals surface area (Å²) in [6.45, 7) is 5.70. The van der Waals surface area contributed by atoms with E-state index in [1.807, 2.05) is 61.5 Å². The molecule has 0 saturated heterocycles. The van der Waals surface area contributed by atoms with Gasteiger partial charge in [0.25, 0.3) is 0 Å². The molecular weight excluding hydrogens is 779 g/mol. The van der Waals surface area contributed by atoms with Gasteiger partial charge in [0.15, 0.2) is 5.22 Å². The van der Waals surface area contributed by atoms with Crippen molar-refractivity contribution in [3.63, 3.8) is 0 Å². The van der Waals surface area contributed by atoms with E-state index in [1.54, 1.807) is 20.0 Å². The summed E-state index contributed by atoms with van der Waals surface area (Å²) in [7, 11) is 0. The van der Waals surface area contributed by atoms with Crippen LogP contribution in [0.5, 0.6) is 0 Å². The van der Waals surface area contributed by atoms with Crippen molar-refractivity contribution < 1.29 is 30.3 Å². The molecular formula is C49H61N9O4. The number of nitrogen functional groups attached to an aromatic ring is 1. The predicted molar refractivity (Wildman–Crippen MR) is 263 cm³/mol. The van der Waals surface area contributed by atoms with Gasteiger partial charge < -0.3 is 26.9 Å². The van der Waals surface area contributed by atoms with E-state index < -0.39 is 11.1 Å². The highest BCUT2D eigenvalue weighted by molar-refractivity contribution is 5.91. The van der Waals surface area contributed by atoms with Gasteiger partial charge in [0.2, 0.25) is 5.91 Å². The van der Waals surface area contributed by atoms with Gasteiger partial charge in [-0.05, 0) is 156 Å². The molecule has 326 valence electrons. The van der Waals surface area contributed by atoms with Crippen molar-refractivity contribution in [2.75, 3.05) is 5.73 Å². The molecule has 1 aromatic heterocycles. The number of amides is 1. The van der Waals surface area contributed by atoms with Gasteiger partial charge in [0.1, 0.15) is 11.6 Å². The third-order valence-corrected chi connectivity index (χ3v) is 7.26. The molecule has 0 unspecified atom stereocenters. The van der Waals surface area contributed by atoms with Crippen molar-refractivity contribution in [1.29, 1.82) is 0 Å². The summed E-state index contributed by atoms with van der Waals surface area (Å²) in [5, 5.41) is 18.4. The van der Waals surface area contributed by atoms with E-state index in [-0.39, 0.29) is 39.7 Å². The number of pyridine rings is 1. The lowest BCUT2D eigenvalue weighted by Crippen LogP contribution is -2.36. The number of nitrogens with one attached hydrogen (secondary N) is 2. The molecule has 0 aliphatic carbocycles. The third kappa shape index (κ3) is 24.9. The quantitative estimate of drug-likeness (QED) is 0.0464. The number of aryl methyl sites for hydroxylation is 1. The molecule has 3 rings (SSSR count). The molecule has 13 nitrogen and oxygen atoms in total. The molecule has 13 heteroatoms. The Labute approximate surface area is 379 Å². The monoisotopic (exact) mass is 839 g/mol. The standard InChI is InChI=1S/C25H30N4O2.C24H6.H3N5O2.11H2/c1-2-19(15-23(30)22(26)11-9-17-6-4-3-5-7-17)25(31)29-16-18-8-10-21-20(14-18)12-13-28-24(21)27;1-3-5-7-9-11-13-15-17-19-21-23-24-22-20-18-16-14-12-10-8-6-4-2;1-2-3-4-5(6)7;;;;;;;;;;;/h3-8,10,12-14,19,22H,2,9,11,15-16,26H2,1H3,(H2,27,28)(H,29,31);1-2H3;(H2,1,3)(H,2,4);11*1H/t19-,22-;;;;;;;;;;;;;/m1............./s1. The number of nitrogens with two attached hydrogens (primary N) is 3. The smallest absolute Gasteiger partial charge is 0.223 e. The first-order valence-corrected chi connectivity index (χ1v) is 18.2. The van der Waals surface area contributed by atoms with Gasteiger partial charge in [-0.3, -0.25) is 15.4 Å². The molecule has 0 bridgehead atoms. The van der Waals surface area contributed by atoms with Crippen molar-refractivity contribution in [3.05, 3.63) is 82.0 Å². The number of ketones is 1. The topological polar surface area (TPSA) is 217 Å². The summed E-state index contributed by atoms with van der Waals surface area (Å²) in [6, 6.07) is 17.1. The maximum Gasteiger partial charge on any atom is 0.223 e. The number of nitro groups is 1. The molecule has 3 aromatic rings. The summed E-state index contributed by atoms with van der Waals surface area (Å²) in [5.41, 5.74) is 15.5. The Morgan fingerprint density at radius 3 is 1.71 bits per heavy atom. The summed E-state index contributed by atoms with van der Waals surface area (Å²) < 4.78 is 0. The van der Waals surface area contributed by atoms with Crippen molar-refractivity contribution in [2.24, 2.45) is 27.9 Å². The maximum absolute atomic E-state index is 12.7. The molecule has 0 spiro atoms. The Morgan fingerprint density at radius 2 is 1.27 bits per heavy atom. The van der Waals surface area contributed by atoms with Crippen LogP contribution in [0.4, 0.5) is 5.82 Å². The number of hydrazine groups is 1. The molecule has 0 saturated carbocycles. The number of benzene rings is 2. The van der Waals surface area contributed by atoms with E-state index in [2.05, 4.69) is 157 Å². The lowest BCUT2D eigenvalue weighted by atomic mass is 9.93. The fourth-order valence-electron chi connectivity index (χ4n) is 4.39. The summed E-state index contributed by atoms with van der Waals surface area (Å²) >= 11 is 0. The van der Waals surface area contributed by atoms with Crippen molar-refractivity contribution in [3.8, 4) is 130 Å². The van der Waals surface area contributed by atoms with Crippen LogP contribution in [0.3, 0.4) is 0 Å². The number of fused-ring (bicyclic) bond motifs is 1. The number of hydrogen-bond donors (Lipinski definition) is 5. The van der Waals surface area contributed by atoms with E-state index >= 15 is 0 Å². The Balaban J connectivity index is -0.0000000927. The number of aromatic nitrogens is 1. The minimum Gasteiger partial charge on any atom is -0.383 e. The first kappa shape index (κ1) is 50.5. The zero-order valence-electron chi connectivity index (χ0n) is 34.1. The van der Waals surface area contributed by atoms with Crippen LogP contribution in [0.15, 0.2) is 71.2 Å². The van der Waals surface area contributed by atoms with Crippen molar-refractivity contribution >= 4 is 28.3 Å². The zero-order chi connectivity index (χ0) is 45.5. The van der Waals surface area contributed by atoms with Crippen LogP contribution >= 0.6 is 0 Å². The van der Waals surface area contributed by atoms with Crippen LogP contribution in [0, 0.1) is 146 Å². The number of anilines is 1. The van der Waals surface area contributed by atoms with E-state index in [1.165, 1.54) is 5.53 Å². The molecule has 8 N–H and O–H groups in total. The highest BCUT2D eigenvalue weighted by atomic mass is 16.7. The van der Waals surface area contributed by atoms with E-state index in [9.17, 15) is 19.7 Å². The minimum atomic E-state index is -0.879. The first-order valence-electron chi connectivity index (χ1n) is 18.2. The van der Waals surface area contributed by atoms with Gasteiger partial charge in [0, 0.05) is 75.4 Å². The van der Waals surface area contributed by atoms with Crippen LogP contribution in [0.2, 0.25) is 0 Å². The fourth-order valence-corrected chi connectivity index (χ4v) is 4.39. The maximum atomic E-state index is 12.7. The second kappa shape index (κ2) is 33.6. The van der Waals surface area contributed by atoms with Crippen molar-refractivity contribution in [1.82, 2.24) is 15.8 Å². The van der Waals surface area contributed by atoms with Crippen LogP contribution in [0.25, 0.3) is 10.8 Å². The molecule has 0 aliphatic rings. The molecule has 62 heavy (non-hydrogen) atoms.